The highest BCUT2D eigenvalue weighted by molar-refractivity contribution is 9.10. The molecule has 0 aliphatic rings. The van der Waals surface area contributed by atoms with Crippen molar-refractivity contribution in [1.82, 2.24) is 4.98 Å². The number of hydrogen-bond acceptors (Lipinski definition) is 4. The van der Waals surface area contributed by atoms with Crippen LogP contribution in [-0.2, 0) is 4.79 Å². The van der Waals surface area contributed by atoms with E-state index >= 15 is 0 Å². The minimum absolute atomic E-state index is 0.139. The zero-order chi connectivity index (χ0) is 13.0. The Morgan fingerprint density at radius 1 is 1.59 bits per heavy atom. The summed E-state index contributed by atoms with van der Waals surface area (Å²) in [7, 11) is 5.30. The highest BCUT2D eigenvalue weighted by Crippen LogP contribution is 2.32. The number of amides is 1. The molecule has 0 aliphatic carbocycles. The van der Waals surface area contributed by atoms with Crippen LogP contribution in [0.5, 0.6) is 5.88 Å². The third-order valence-corrected chi connectivity index (χ3v) is 2.59. The molecule has 0 spiro atoms. The van der Waals surface area contributed by atoms with E-state index < -0.39 is 0 Å². The first-order valence-electron chi connectivity index (χ1n) is 5.12. The van der Waals surface area contributed by atoms with E-state index in [1.807, 2.05) is 25.1 Å². The van der Waals surface area contributed by atoms with Crippen LogP contribution in [0.1, 0.15) is 6.92 Å². The molecule has 1 heterocycles. The molecule has 94 valence electrons. The average Bonchev–Trinajstić information content (AvgIpc) is 2.28. The number of pyridine rings is 1. The van der Waals surface area contributed by atoms with Gasteiger partial charge in [-0.15, -0.1) is 0 Å². The Kier molecular flexibility index (Phi) is 4.74. The fourth-order valence-corrected chi connectivity index (χ4v) is 1.42. The van der Waals surface area contributed by atoms with Crippen LogP contribution in [0.4, 0.5) is 11.4 Å². The zero-order valence-electron chi connectivity index (χ0n) is 10.3. The van der Waals surface area contributed by atoms with E-state index in [2.05, 4.69) is 26.2 Å². The fourth-order valence-electron chi connectivity index (χ4n) is 1.30. The smallest absolute Gasteiger partial charge is 0.239 e. The molecule has 0 bridgehead atoms. The molecule has 1 aromatic rings. The molecule has 0 fully saturated rings. The highest BCUT2D eigenvalue weighted by Gasteiger charge is 2.17. The third-order valence-electron chi connectivity index (χ3n) is 2.18. The van der Waals surface area contributed by atoms with Gasteiger partial charge in [-0.1, -0.05) is 15.9 Å². The summed E-state index contributed by atoms with van der Waals surface area (Å²) in [4.78, 5) is 17.4. The van der Waals surface area contributed by atoms with Crippen molar-refractivity contribution in [2.24, 2.45) is 0 Å². The Morgan fingerprint density at radius 3 is 2.71 bits per heavy atom. The van der Waals surface area contributed by atoms with E-state index in [4.69, 9.17) is 4.74 Å². The molecule has 0 saturated heterocycles. The van der Waals surface area contributed by atoms with Gasteiger partial charge in [0.05, 0.1) is 17.6 Å². The van der Waals surface area contributed by atoms with Crippen LogP contribution in [0.15, 0.2) is 12.3 Å². The topological polar surface area (TPSA) is 54.5 Å². The average molecular weight is 302 g/mol. The van der Waals surface area contributed by atoms with Gasteiger partial charge >= 0.3 is 0 Å². The first-order chi connectivity index (χ1) is 7.97. The van der Waals surface area contributed by atoms with Gasteiger partial charge in [-0.25, -0.2) is 4.98 Å². The predicted molar refractivity (Wildman–Crippen MR) is 72.1 cm³/mol. The van der Waals surface area contributed by atoms with Crippen LogP contribution >= 0.6 is 15.9 Å². The minimum atomic E-state index is -0.276. The molecule has 1 N–H and O–H groups in total. The molecule has 6 heteroatoms. The van der Waals surface area contributed by atoms with Crippen molar-refractivity contribution in [3.8, 4) is 5.88 Å². The number of methoxy groups -OCH3 is 1. The minimum Gasteiger partial charge on any atom is -0.479 e. The van der Waals surface area contributed by atoms with Crippen molar-refractivity contribution in [2.45, 2.75) is 11.8 Å². The number of aromatic nitrogens is 1. The Balaban J connectivity index is 3.13. The summed E-state index contributed by atoms with van der Waals surface area (Å²) in [6.45, 7) is 1.76. The SMILES string of the molecule is COc1nccc(N(C)C)c1NC(=O)C(C)Br. The van der Waals surface area contributed by atoms with Crippen molar-refractivity contribution in [1.29, 1.82) is 0 Å². The van der Waals surface area contributed by atoms with Gasteiger partial charge in [-0.05, 0) is 13.0 Å². The summed E-state index contributed by atoms with van der Waals surface area (Å²) in [5.74, 6) is 0.261. The van der Waals surface area contributed by atoms with E-state index in [1.54, 1.807) is 13.1 Å². The number of nitrogens with zero attached hydrogens (tertiary/aromatic N) is 2. The second-order valence-electron chi connectivity index (χ2n) is 3.71. The summed E-state index contributed by atoms with van der Waals surface area (Å²) >= 11 is 3.22. The maximum absolute atomic E-state index is 11.7. The molecule has 0 saturated carbocycles. The van der Waals surface area contributed by atoms with Gasteiger partial charge in [0.15, 0.2) is 0 Å². The number of carbonyl (C=O) groups excluding carboxylic acids is 1. The number of ether oxygens (including phenoxy) is 1. The predicted octanol–water partition coefficient (Wildman–Crippen LogP) is 1.88. The van der Waals surface area contributed by atoms with Crippen LogP contribution in [0, 0.1) is 0 Å². The Morgan fingerprint density at radius 2 is 2.24 bits per heavy atom. The van der Waals surface area contributed by atoms with Crippen LogP contribution in [0.3, 0.4) is 0 Å². The van der Waals surface area contributed by atoms with E-state index in [-0.39, 0.29) is 10.7 Å². The maximum atomic E-state index is 11.7. The molecule has 17 heavy (non-hydrogen) atoms. The number of carbonyl (C=O) groups is 1. The molecule has 5 nitrogen and oxygen atoms in total. The molecule has 1 rings (SSSR count). The first kappa shape index (κ1) is 13.8. The molecule has 0 radical (unpaired) electrons. The molecule has 0 aromatic carbocycles. The van der Waals surface area contributed by atoms with Gasteiger partial charge < -0.3 is 15.0 Å². The van der Waals surface area contributed by atoms with Crippen LogP contribution in [-0.4, -0.2) is 36.9 Å². The van der Waals surface area contributed by atoms with Crippen molar-refractivity contribution in [3.05, 3.63) is 12.3 Å². The van der Waals surface area contributed by atoms with E-state index in [0.29, 0.717) is 11.6 Å². The molecule has 1 atom stereocenters. The van der Waals surface area contributed by atoms with E-state index in [0.717, 1.165) is 5.69 Å². The number of anilines is 2. The highest BCUT2D eigenvalue weighted by atomic mass is 79.9. The summed E-state index contributed by atoms with van der Waals surface area (Å²) in [6, 6.07) is 1.82. The van der Waals surface area contributed by atoms with Crippen molar-refractivity contribution in [3.63, 3.8) is 0 Å². The summed E-state index contributed by atoms with van der Waals surface area (Å²) < 4.78 is 5.15. The summed E-state index contributed by atoms with van der Waals surface area (Å²) in [5.41, 5.74) is 1.43. The van der Waals surface area contributed by atoms with Gasteiger partial charge in [-0.3, -0.25) is 4.79 Å². The lowest BCUT2D eigenvalue weighted by Gasteiger charge is -2.19. The quantitative estimate of drug-likeness (QED) is 0.863. The Hall–Kier alpha value is -1.30. The lowest BCUT2D eigenvalue weighted by atomic mass is 10.3. The number of nitrogens with one attached hydrogen (secondary N) is 1. The number of alkyl halides is 1. The zero-order valence-corrected chi connectivity index (χ0v) is 11.9. The normalized spacial score (nSPS) is 11.8. The second-order valence-corrected chi connectivity index (χ2v) is 5.09. The number of hydrogen-bond donors (Lipinski definition) is 1. The maximum Gasteiger partial charge on any atom is 0.239 e. The van der Waals surface area contributed by atoms with Crippen molar-refractivity contribution in [2.75, 3.05) is 31.4 Å². The molecule has 1 aromatic heterocycles. The lowest BCUT2D eigenvalue weighted by molar-refractivity contribution is -0.115. The van der Waals surface area contributed by atoms with Gasteiger partial charge in [0, 0.05) is 20.3 Å². The van der Waals surface area contributed by atoms with Gasteiger partial charge in [0.1, 0.15) is 5.69 Å². The first-order valence-corrected chi connectivity index (χ1v) is 6.04. The van der Waals surface area contributed by atoms with Crippen LogP contribution in [0.2, 0.25) is 0 Å². The third kappa shape index (κ3) is 3.33. The van der Waals surface area contributed by atoms with Gasteiger partial charge in [0.25, 0.3) is 0 Å². The van der Waals surface area contributed by atoms with Crippen LogP contribution in [0.25, 0.3) is 0 Å². The monoisotopic (exact) mass is 301 g/mol. The van der Waals surface area contributed by atoms with Crippen molar-refractivity contribution < 1.29 is 9.53 Å². The largest absolute Gasteiger partial charge is 0.479 e. The summed E-state index contributed by atoms with van der Waals surface area (Å²) in [5, 5.41) is 2.80. The molecular weight excluding hydrogens is 286 g/mol. The number of rotatable bonds is 4. The molecule has 0 aliphatic heterocycles. The Labute approximate surface area is 109 Å². The number of halogens is 1. The fraction of sp³-hybridized carbons (Fsp3) is 0.455. The van der Waals surface area contributed by atoms with Crippen LogP contribution < -0.4 is 15.0 Å². The molecule has 1 unspecified atom stereocenters. The summed E-state index contributed by atoms with van der Waals surface area (Å²) in [6.07, 6.45) is 1.64. The van der Waals surface area contributed by atoms with Gasteiger partial charge in [-0.2, -0.15) is 0 Å². The lowest BCUT2D eigenvalue weighted by Crippen LogP contribution is -2.22. The Bertz CT molecular complexity index is 408. The van der Waals surface area contributed by atoms with Gasteiger partial charge in [0.2, 0.25) is 11.8 Å². The second kappa shape index (κ2) is 5.86. The van der Waals surface area contributed by atoms with E-state index in [1.165, 1.54) is 7.11 Å². The standard InChI is InChI=1S/C11H16BrN3O2/c1-7(12)10(16)14-9-8(15(2)3)5-6-13-11(9)17-4/h5-7H,1-4H3,(H,14,16). The molecule has 1 amide bonds. The van der Waals surface area contributed by atoms with E-state index in [9.17, 15) is 4.79 Å². The molecular formula is C11H16BrN3O2. The van der Waals surface area contributed by atoms with Crippen molar-refractivity contribution >= 4 is 33.2 Å².